The van der Waals surface area contributed by atoms with Crippen LogP contribution < -0.4 is 10.2 Å². The normalized spacial score (nSPS) is 16.1. The molecule has 0 bridgehead atoms. The van der Waals surface area contributed by atoms with Gasteiger partial charge in [0.15, 0.2) is 0 Å². The molecule has 1 aliphatic rings. The molecule has 0 radical (unpaired) electrons. The van der Waals surface area contributed by atoms with Crippen LogP contribution in [0.25, 0.3) is 0 Å². The smallest absolute Gasteiger partial charge is 0.0574 e. The van der Waals surface area contributed by atoms with Gasteiger partial charge in [-0.3, -0.25) is 0 Å². The van der Waals surface area contributed by atoms with Gasteiger partial charge in [-0.2, -0.15) is 0 Å². The maximum absolute atomic E-state index is 5.24. The molecule has 0 amide bonds. The van der Waals surface area contributed by atoms with Crippen LogP contribution in [0.2, 0.25) is 0 Å². The van der Waals surface area contributed by atoms with Gasteiger partial charge in [-0.15, -0.1) is 6.42 Å². The van der Waals surface area contributed by atoms with Crippen molar-refractivity contribution in [2.45, 2.75) is 25.8 Å². The van der Waals surface area contributed by atoms with Crippen LogP contribution in [0.1, 0.15) is 18.9 Å². The Bertz CT molecular complexity index is 406. The summed E-state index contributed by atoms with van der Waals surface area (Å²) in [5, 5.41) is 3.29. The number of hydrogen-bond acceptors (Lipinski definition) is 2. The van der Waals surface area contributed by atoms with Crippen molar-refractivity contribution in [2.24, 2.45) is 0 Å². The fourth-order valence-electron chi connectivity index (χ4n) is 2.48. The molecule has 0 spiro atoms. The number of fused-ring (bicyclic) bond motifs is 1. The molecule has 0 aromatic heterocycles. The molecule has 0 saturated heterocycles. The molecule has 0 saturated carbocycles. The maximum Gasteiger partial charge on any atom is 0.0574 e. The number of nitrogens with zero attached hydrogens (tertiary/aromatic N) is 1. The van der Waals surface area contributed by atoms with Crippen LogP contribution in [0, 0.1) is 12.3 Å². The summed E-state index contributed by atoms with van der Waals surface area (Å²) in [7, 11) is 0. The third-order valence-electron chi connectivity index (χ3n) is 3.35. The third-order valence-corrected chi connectivity index (χ3v) is 3.35. The van der Waals surface area contributed by atoms with E-state index in [1.807, 2.05) is 0 Å². The van der Waals surface area contributed by atoms with Crippen molar-refractivity contribution in [1.29, 1.82) is 0 Å². The zero-order valence-electron chi connectivity index (χ0n) is 10.4. The van der Waals surface area contributed by atoms with Gasteiger partial charge in [0.05, 0.1) is 6.54 Å². The summed E-state index contributed by atoms with van der Waals surface area (Å²) >= 11 is 0. The Hall–Kier alpha value is -1.46. The summed E-state index contributed by atoms with van der Waals surface area (Å²) in [6.45, 7) is 5.00. The quantitative estimate of drug-likeness (QED) is 0.627. The number of aryl methyl sites for hydroxylation is 1. The summed E-state index contributed by atoms with van der Waals surface area (Å²) in [6, 6.07) is 9.21. The molecule has 1 aromatic rings. The van der Waals surface area contributed by atoms with Crippen molar-refractivity contribution < 1.29 is 0 Å². The molecule has 90 valence electrons. The van der Waals surface area contributed by atoms with E-state index in [9.17, 15) is 0 Å². The van der Waals surface area contributed by atoms with E-state index in [1.54, 1.807) is 0 Å². The highest BCUT2D eigenvalue weighted by Gasteiger charge is 2.20. The molecule has 0 fully saturated rings. The first-order valence-electron chi connectivity index (χ1n) is 6.31. The van der Waals surface area contributed by atoms with Crippen LogP contribution in [0.15, 0.2) is 24.3 Å². The largest absolute Gasteiger partial charge is 0.367 e. The van der Waals surface area contributed by atoms with Gasteiger partial charge in [0.2, 0.25) is 0 Å². The van der Waals surface area contributed by atoms with E-state index < -0.39 is 0 Å². The standard InChI is InChI=1S/C15H20N2/c1-3-10-16-12-13(2)17-11-6-8-14-7-4-5-9-15(14)17/h1,4-5,7,9,13,16H,6,8,10-12H2,2H3. The molecule has 1 atom stereocenters. The van der Waals surface area contributed by atoms with E-state index in [2.05, 4.69) is 47.3 Å². The molecular weight excluding hydrogens is 208 g/mol. The number of hydrogen-bond donors (Lipinski definition) is 1. The maximum atomic E-state index is 5.24. The van der Waals surface area contributed by atoms with Crippen molar-refractivity contribution in [3.63, 3.8) is 0 Å². The van der Waals surface area contributed by atoms with Crippen molar-refractivity contribution in [2.75, 3.05) is 24.5 Å². The molecule has 1 unspecified atom stereocenters. The molecule has 2 heteroatoms. The van der Waals surface area contributed by atoms with Crippen molar-refractivity contribution in [3.8, 4) is 12.3 Å². The first-order valence-corrected chi connectivity index (χ1v) is 6.31. The minimum Gasteiger partial charge on any atom is -0.367 e. The topological polar surface area (TPSA) is 15.3 Å². The van der Waals surface area contributed by atoms with Gasteiger partial charge in [0.1, 0.15) is 0 Å². The second kappa shape index (κ2) is 5.75. The Morgan fingerprint density at radius 3 is 3.12 bits per heavy atom. The lowest BCUT2D eigenvalue weighted by Gasteiger charge is -2.36. The highest BCUT2D eigenvalue weighted by molar-refractivity contribution is 5.56. The Kier molecular flexibility index (Phi) is 4.06. The van der Waals surface area contributed by atoms with E-state index in [0.29, 0.717) is 12.6 Å². The van der Waals surface area contributed by atoms with Crippen molar-refractivity contribution >= 4 is 5.69 Å². The molecule has 1 aliphatic heterocycles. The van der Waals surface area contributed by atoms with Gasteiger partial charge in [-0.1, -0.05) is 24.1 Å². The van der Waals surface area contributed by atoms with E-state index in [0.717, 1.165) is 13.1 Å². The van der Waals surface area contributed by atoms with Crippen LogP contribution in [0.4, 0.5) is 5.69 Å². The Balaban J connectivity index is 2.05. The lowest BCUT2D eigenvalue weighted by Crippen LogP contribution is -2.43. The molecule has 0 aliphatic carbocycles. The highest BCUT2D eigenvalue weighted by Crippen LogP contribution is 2.27. The second-order valence-electron chi connectivity index (χ2n) is 4.61. The summed E-state index contributed by atoms with van der Waals surface area (Å²) in [4.78, 5) is 2.49. The Morgan fingerprint density at radius 1 is 1.47 bits per heavy atom. The number of nitrogens with one attached hydrogen (secondary N) is 1. The van der Waals surface area contributed by atoms with E-state index >= 15 is 0 Å². The SMILES string of the molecule is C#CCNCC(C)N1CCCc2ccccc21. The van der Waals surface area contributed by atoms with Gasteiger partial charge in [0.25, 0.3) is 0 Å². The van der Waals surface area contributed by atoms with Crippen LogP contribution in [-0.4, -0.2) is 25.7 Å². The van der Waals surface area contributed by atoms with E-state index in [4.69, 9.17) is 6.42 Å². The summed E-state index contributed by atoms with van der Waals surface area (Å²) in [5.74, 6) is 2.62. The highest BCUT2D eigenvalue weighted by atomic mass is 15.2. The second-order valence-corrected chi connectivity index (χ2v) is 4.61. The average molecular weight is 228 g/mol. The lowest BCUT2D eigenvalue weighted by molar-refractivity contribution is 0.558. The van der Waals surface area contributed by atoms with Gasteiger partial charge in [-0.05, 0) is 31.4 Å². The Labute approximate surface area is 104 Å². The number of benzene rings is 1. The minimum absolute atomic E-state index is 0.491. The van der Waals surface area contributed by atoms with Gasteiger partial charge >= 0.3 is 0 Å². The van der Waals surface area contributed by atoms with Gasteiger partial charge < -0.3 is 10.2 Å². The molecule has 17 heavy (non-hydrogen) atoms. The predicted molar refractivity (Wildman–Crippen MR) is 73.3 cm³/mol. The number of para-hydroxylation sites is 1. The van der Waals surface area contributed by atoms with E-state index in [1.165, 1.54) is 24.1 Å². The zero-order chi connectivity index (χ0) is 12.1. The van der Waals surface area contributed by atoms with Crippen LogP contribution >= 0.6 is 0 Å². The summed E-state index contributed by atoms with van der Waals surface area (Å²) < 4.78 is 0. The zero-order valence-corrected chi connectivity index (χ0v) is 10.4. The minimum atomic E-state index is 0.491. The molecular formula is C15H20N2. The summed E-state index contributed by atoms with van der Waals surface area (Å²) in [6.07, 6.45) is 7.70. The molecule has 2 rings (SSSR count). The van der Waals surface area contributed by atoms with Crippen LogP contribution in [0.5, 0.6) is 0 Å². The van der Waals surface area contributed by atoms with Crippen molar-refractivity contribution in [1.82, 2.24) is 5.32 Å². The molecule has 1 N–H and O–H groups in total. The molecule has 1 heterocycles. The lowest BCUT2D eigenvalue weighted by atomic mass is 10.0. The van der Waals surface area contributed by atoms with Gasteiger partial charge in [0, 0.05) is 24.8 Å². The summed E-state index contributed by atoms with van der Waals surface area (Å²) in [5.41, 5.74) is 2.87. The molecule has 2 nitrogen and oxygen atoms in total. The monoisotopic (exact) mass is 228 g/mol. The fraction of sp³-hybridized carbons (Fsp3) is 0.467. The number of anilines is 1. The van der Waals surface area contributed by atoms with E-state index in [-0.39, 0.29) is 0 Å². The number of terminal acetylenes is 1. The van der Waals surface area contributed by atoms with Gasteiger partial charge in [-0.25, -0.2) is 0 Å². The van der Waals surface area contributed by atoms with Crippen molar-refractivity contribution in [3.05, 3.63) is 29.8 Å². The predicted octanol–water partition coefficient (Wildman–Crippen LogP) is 2.05. The van der Waals surface area contributed by atoms with Crippen LogP contribution in [0.3, 0.4) is 0 Å². The third kappa shape index (κ3) is 2.81. The molecule has 1 aromatic carbocycles. The fourth-order valence-corrected chi connectivity index (χ4v) is 2.48. The average Bonchev–Trinajstić information content (AvgIpc) is 2.38. The Morgan fingerprint density at radius 2 is 2.29 bits per heavy atom. The van der Waals surface area contributed by atoms with Crippen LogP contribution in [-0.2, 0) is 6.42 Å². The first kappa shape index (κ1) is 12.0. The first-order chi connectivity index (χ1) is 8.33. The number of rotatable bonds is 4.